The van der Waals surface area contributed by atoms with Gasteiger partial charge in [0.2, 0.25) is 0 Å². The van der Waals surface area contributed by atoms with Gasteiger partial charge in [0.05, 0.1) is 6.10 Å². The van der Waals surface area contributed by atoms with E-state index in [0.29, 0.717) is 16.7 Å². The zero-order valence-electron chi connectivity index (χ0n) is 19.6. The Kier molecular flexibility index (Phi) is 5.98. The zero-order valence-corrected chi connectivity index (χ0v) is 19.6. The van der Waals surface area contributed by atoms with Gasteiger partial charge in [-0.2, -0.15) is 0 Å². The molecule has 0 aromatic carbocycles. The van der Waals surface area contributed by atoms with Crippen LogP contribution in [-0.2, 0) is 0 Å². The van der Waals surface area contributed by atoms with Crippen molar-refractivity contribution in [2.24, 2.45) is 52.3 Å². The number of hydrogen-bond acceptors (Lipinski definition) is 1. The first kappa shape index (κ1) is 21.2. The van der Waals surface area contributed by atoms with Crippen LogP contribution in [0.3, 0.4) is 0 Å². The number of fused-ring (bicyclic) bond motifs is 5. The van der Waals surface area contributed by atoms with E-state index in [4.69, 9.17) is 0 Å². The molecule has 4 rings (SSSR count). The Morgan fingerprint density at radius 1 is 0.893 bits per heavy atom. The standard InChI is InChI=1S/C27H48O/c1-18(2)9-8-10-19(3)22-14-15-23-21-13-12-20-11-6-7-16-26(20,4)25(21)24(28)17-27(22,23)5/h18-25,28H,6-17H2,1-5H3/t19-,20?,21+,22-,23+,24?,25-,26+,27-/m1/s1. The summed E-state index contributed by atoms with van der Waals surface area (Å²) in [4.78, 5) is 0. The summed E-state index contributed by atoms with van der Waals surface area (Å²) in [5, 5.41) is 11.6. The maximum atomic E-state index is 11.6. The first-order valence-electron chi connectivity index (χ1n) is 13.0. The lowest BCUT2D eigenvalue weighted by Gasteiger charge is -2.62. The predicted molar refractivity (Wildman–Crippen MR) is 119 cm³/mol. The second kappa shape index (κ2) is 7.90. The molecular weight excluding hydrogens is 340 g/mol. The molecule has 9 atom stereocenters. The maximum absolute atomic E-state index is 11.6. The van der Waals surface area contributed by atoms with Crippen molar-refractivity contribution in [3.8, 4) is 0 Å². The van der Waals surface area contributed by atoms with E-state index >= 15 is 0 Å². The van der Waals surface area contributed by atoms with Gasteiger partial charge in [0.1, 0.15) is 0 Å². The van der Waals surface area contributed by atoms with E-state index in [9.17, 15) is 5.11 Å². The average molecular weight is 389 g/mol. The van der Waals surface area contributed by atoms with Crippen molar-refractivity contribution >= 4 is 0 Å². The third-order valence-corrected chi connectivity index (χ3v) is 10.7. The molecule has 0 radical (unpaired) electrons. The van der Waals surface area contributed by atoms with Crippen LogP contribution in [0.25, 0.3) is 0 Å². The molecule has 0 aromatic rings. The van der Waals surface area contributed by atoms with Gasteiger partial charge in [-0.1, -0.05) is 66.7 Å². The molecule has 1 nitrogen and oxygen atoms in total. The normalized spacial score (nSPS) is 49.4. The lowest BCUT2D eigenvalue weighted by Crippen LogP contribution is -2.58. The maximum Gasteiger partial charge on any atom is 0.0581 e. The van der Waals surface area contributed by atoms with Crippen molar-refractivity contribution in [2.75, 3.05) is 0 Å². The van der Waals surface area contributed by atoms with Crippen LogP contribution in [0.5, 0.6) is 0 Å². The topological polar surface area (TPSA) is 20.2 Å². The molecule has 0 aromatic heterocycles. The molecule has 2 unspecified atom stereocenters. The van der Waals surface area contributed by atoms with Gasteiger partial charge >= 0.3 is 0 Å². The Morgan fingerprint density at radius 2 is 1.68 bits per heavy atom. The number of aliphatic hydroxyl groups excluding tert-OH is 1. The van der Waals surface area contributed by atoms with Crippen LogP contribution in [0, 0.1) is 52.3 Å². The van der Waals surface area contributed by atoms with E-state index in [2.05, 4.69) is 34.6 Å². The van der Waals surface area contributed by atoms with Gasteiger partial charge in [0.25, 0.3) is 0 Å². The fraction of sp³-hybridized carbons (Fsp3) is 1.00. The monoisotopic (exact) mass is 388 g/mol. The number of aliphatic hydroxyl groups is 1. The van der Waals surface area contributed by atoms with Crippen molar-refractivity contribution in [3.05, 3.63) is 0 Å². The van der Waals surface area contributed by atoms with E-state index in [-0.39, 0.29) is 6.10 Å². The SMILES string of the molecule is CC(C)CCC[C@@H](C)[C@H]1CC[C@H]2[C@@H]3CCC4CCCC[C@]4(C)[C@H]3C(O)C[C@]12C. The molecule has 0 aliphatic heterocycles. The van der Waals surface area contributed by atoms with Crippen LogP contribution in [0.4, 0.5) is 0 Å². The molecule has 1 N–H and O–H groups in total. The first-order valence-corrected chi connectivity index (χ1v) is 13.0. The summed E-state index contributed by atoms with van der Waals surface area (Å²) in [6.07, 6.45) is 16.6. The minimum absolute atomic E-state index is 0.0411. The van der Waals surface area contributed by atoms with E-state index < -0.39 is 0 Å². The van der Waals surface area contributed by atoms with Crippen molar-refractivity contribution in [1.82, 2.24) is 0 Å². The summed E-state index contributed by atoms with van der Waals surface area (Å²) in [7, 11) is 0. The van der Waals surface area contributed by atoms with Crippen LogP contribution < -0.4 is 0 Å². The molecule has 0 bridgehead atoms. The Bertz CT molecular complexity index is 540. The molecule has 4 aliphatic carbocycles. The smallest absolute Gasteiger partial charge is 0.0581 e. The second-order valence-corrected chi connectivity index (χ2v) is 12.6. The quantitative estimate of drug-likeness (QED) is 0.518. The van der Waals surface area contributed by atoms with Crippen LogP contribution in [0.15, 0.2) is 0 Å². The van der Waals surface area contributed by atoms with Crippen molar-refractivity contribution in [3.63, 3.8) is 0 Å². The first-order chi connectivity index (χ1) is 13.3. The summed E-state index contributed by atoms with van der Waals surface area (Å²) in [6, 6.07) is 0. The van der Waals surface area contributed by atoms with E-state index in [1.54, 1.807) is 0 Å². The van der Waals surface area contributed by atoms with Gasteiger partial charge in [-0.15, -0.1) is 0 Å². The van der Waals surface area contributed by atoms with Crippen molar-refractivity contribution < 1.29 is 5.11 Å². The molecule has 4 fully saturated rings. The molecule has 0 amide bonds. The lowest BCUT2D eigenvalue weighted by molar-refractivity contribution is -0.171. The van der Waals surface area contributed by atoms with Gasteiger partial charge in [-0.05, 0) is 97.2 Å². The third kappa shape index (κ3) is 3.40. The molecular formula is C27H48O. The van der Waals surface area contributed by atoms with Gasteiger partial charge in [0, 0.05) is 0 Å². The van der Waals surface area contributed by atoms with Gasteiger partial charge in [0.15, 0.2) is 0 Å². The fourth-order valence-corrected chi connectivity index (χ4v) is 9.44. The predicted octanol–water partition coefficient (Wildman–Crippen LogP) is 7.47. The average Bonchev–Trinajstić information content (AvgIpc) is 2.97. The zero-order chi connectivity index (χ0) is 20.1. The van der Waals surface area contributed by atoms with E-state index in [1.165, 1.54) is 70.6 Å². The molecule has 0 saturated heterocycles. The van der Waals surface area contributed by atoms with Crippen LogP contribution >= 0.6 is 0 Å². The van der Waals surface area contributed by atoms with E-state index in [1.807, 2.05) is 0 Å². The molecule has 1 heteroatoms. The Morgan fingerprint density at radius 3 is 2.43 bits per heavy atom. The van der Waals surface area contributed by atoms with Crippen molar-refractivity contribution in [2.45, 2.75) is 118 Å². The Balaban J connectivity index is 1.51. The highest BCUT2D eigenvalue weighted by Crippen LogP contribution is 2.68. The van der Waals surface area contributed by atoms with Gasteiger partial charge < -0.3 is 5.11 Å². The summed E-state index contributed by atoms with van der Waals surface area (Å²) < 4.78 is 0. The minimum Gasteiger partial charge on any atom is -0.393 e. The number of hydrogen-bond donors (Lipinski definition) is 1. The van der Waals surface area contributed by atoms with Crippen LogP contribution in [0.2, 0.25) is 0 Å². The molecule has 0 spiro atoms. The highest BCUT2D eigenvalue weighted by molar-refractivity contribution is 5.11. The minimum atomic E-state index is -0.0411. The Labute approximate surface area is 175 Å². The van der Waals surface area contributed by atoms with Crippen molar-refractivity contribution in [1.29, 1.82) is 0 Å². The molecule has 4 saturated carbocycles. The molecule has 4 aliphatic rings. The third-order valence-electron chi connectivity index (χ3n) is 10.7. The van der Waals surface area contributed by atoms with Gasteiger partial charge in [-0.25, -0.2) is 0 Å². The van der Waals surface area contributed by atoms with Gasteiger partial charge in [-0.3, -0.25) is 0 Å². The fourth-order valence-electron chi connectivity index (χ4n) is 9.44. The summed E-state index contributed by atoms with van der Waals surface area (Å²) in [5.41, 5.74) is 0.832. The molecule has 28 heavy (non-hydrogen) atoms. The van der Waals surface area contributed by atoms with Crippen LogP contribution in [-0.4, -0.2) is 11.2 Å². The lowest BCUT2D eigenvalue weighted by atomic mass is 9.43. The largest absolute Gasteiger partial charge is 0.393 e. The highest BCUT2D eigenvalue weighted by atomic mass is 16.3. The number of rotatable bonds is 5. The molecule has 0 heterocycles. The summed E-state index contributed by atoms with van der Waals surface area (Å²) >= 11 is 0. The van der Waals surface area contributed by atoms with E-state index in [0.717, 1.165) is 41.9 Å². The van der Waals surface area contributed by atoms with Crippen LogP contribution in [0.1, 0.15) is 112 Å². The Hall–Kier alpha value is -0.0400. The summed E-state index contributed by atoms with van der Waals surface area (Å²) in [5.74, 6) is 5.70. The molecule has 162 valence electrons. The summed E-state index contributed by atoms with van der Waals surface area (Å²) in [6.45, 7) is 12.4. The second-order valence-electron chi connectivity index (χ2n) is 12.6. The highest BCUT2D eigenvalue weighted by Gasteiger charge is 2.62.